The van der Waals surface area contributed by atoms with E-state index in [1.807, 2.05) is 16.5 Å². The van der Waals surface area contributed by atoms with Gasteiger partial charge >= 0.3 is 6.36 Å². The highest BCUT2D eigenvalue weighted by molar-refractivity contribution is 5.73. The Balaban J connectivity index is 0.000000239. The number of nitrogens with zero attached hydrogens (tertiary/aromatic N) is 4. The Morgan fingerprint density at radius 1 is 1.30 bits per heavy atom. The fraction of sp³-hybridized carbons (Fsp3) is 0.550. The highest BCUT2D eigenvalue weighted by Gasteiger charge is 2.33. The van der Waals surface area contributed by atoms with Gasteiger partial charge in [0.25, 0.3) is 0 Å². The van der Waals surface area contributed by atoms with Gasteiger partial charge in [-0.3, -0.25) is 4.79 Å². The first kappa shape index (κ1) is 21.9. The maximum absolute atomic E-state index is 12.3. The normalized spacial score (nSPS) is 18.7. The molecule has 10 heteroatoms. The Bertz CT molecular complexity index is 908. The Labute approximate surface area is 173 Å². The number of ether oxygens (including phenoxy) is 1. The molecule has 164 valence electrons. The number of carbonyl (C=O) groups is 1. The lowest BCUT2D eigenvalue weighted by molar-refractivity contribution is -0.274. The van der Waals surface area contributed by atoms with Crippen LogP contribution in [-0.4, -0.2) is 44.8 Å². The number of anilines is 1. The monoisotopic (exact) mass is 425 g/mol. The highest BCUT2D eigenvalue weighted by atomic mass is 19.4. The fourth-order valence-electron chi connectivity index (χ4n) is 3.36. The van der Waals surface area contributed by atoms with Crippen molar-refractivity contribution in [2.45, 2.75) is 45.4 Å². The zero-order valence-electron chi connectivity index (χ0n) is 17.2. The standard InChI is InChI=1S/C13H13F3N4O.C7H13NO/c1-20-6-9(19-12(20)7-2-3-7)8-4-10(11(17)18-5-8)21-13(14,15)16;1-6-3-4-8(5-6)7(2)9/h4-7H,2-3H2,1H3,(H2,17,18);6H,3-5H2,1-2H3. The summed E-state index contributed by atoms with van der Waals surface area (Å²) in [5.74, 6) is 1.48. The molecule has 1 aliphatic carbocycles. The van der Waals surface area contributed by atoms with Crippen LogP contribution in [-0.2, 0) is 11.8 Å². The van der Waals surface area contributed by atoms with E-state index in [1.165, 1.54) is 18.7 Å². The molecule has 30 heavy (non-hydrogen) atoms. The van der Waals surface area contributed by atoms with Gasteiger partial charge in [-0.05, 0) is 31.2 Å². The van der Waals surface area contributed by atoms with Crippen molar-refractivity contribution in [2.75, 3.05) is 18.8 Å². The van der Waals surface area contributed by atoms with Crippen LogP contribution in [0.5, 0.6) is 5.75 Å². The molecule has 7 nitrogen and oxygen atoms in total. The van der Waals surface area contributed by atoms with Crippen molar-refractivity contribution in [1.29, 1.82) is 0 Å². The topological polar surface area (TPSA) is 86.3 Å². The number of alkyl halides is 3. The first-order valence-electron chi connectivity index (χ1n) is 9.84. The van der Waals surface area contributed by atoms with Gasteiger partial charge in [-0.15, -0.1) is 13.2 Å². The number of pyridine rings is 1. The molecule has 1 atom stereocenters. The van der Waals surface area contributed by atoms with Crippen LogP contribution in [0.4, 0.5) is 19.0 Å². The van der Waals surface area contributed by atoms with Crippen LogP contribution in [0.25, 0.3) is 11.3 Å². The van der Waals surface area contributed by atoms with Crippen molar-refractivity contribution >= 4 is 11.7 Å². The minimum absolute atomic E-state index is 0.222. The third kappa shape index (κ3) is 5.64. The van der Waals surface area contributed by atoms with E-state index in [-0.39, 0.29) is 11.7 Å². The number of carbonyl (C=O) groups excluding carboxylic acids is 1. The lowest BCUT2D eigenvalue weighted by Crippen LogP contribution is -2.25. The first-order valence-corrected chi connectivity index (χ1v) is 9.84. The van der Waals surface area contributed by atoms with Crippen LogP contribution < -0.4 is 10.5 Å². The second-order valence-electron chi connectivity index (χ2n) is 7.88. The van der Waals surface area contributed by atoms with Crippen LogP contribution in [0.3, 0.4) is 0 Å². The summed E-state index contributed by atoms with van der Waals surface area (Å²) in [6, 6.07) is 1.20. The maximum atomic E-state index is 12.3. The third-order valence-electron chi connectivity index (χ3n) is 5.13. The number of hydrogen-bond acceptors (Lipinski definition) is 5. The van der Waals surface area contributed by atoms with Crippen LogP contribution in [0.1, 0.15) is 44.9 Å². The van der Waals surface area contributed by atoms with Gasteiger partial charge in [-0.25, -0.2) is 9.97 Å². The molecular weight excluding hydrogens is 399 g/mol. The molecule has 0 radical (unpaired) electrons. The molecule has 2 aromatic rings. The summed E-state index contributed by atoms with van der Waals surface area (Å²) in [6.45, 7) is 5.76. The van der Waals surface area contributed by atoms with E-state index < -0.39 is 12.1 Å². The summed E-state index contributed by atoms with van der Waals surface area (Å²) in [6.07, 6.45) is 1.70. The van der Waals surface area contributed by atoms with E-state index >= 15 is 0 Å². The number of imidazole rings is 1. The van der Waals surface area contributed by atoms with E-state index in [2.05, 4.69) is 21.6 Å². The lowest BCUT2D eigenvalue weighted by Gasteiger charge is -2.11. The van der Waals surface area contributed by atoms with Gasteiger partial charge < -0.3 is 19.9 Å². The zero-order valence-corrected chi connectivity index (χ0v) is 17.2. The van der Waals surface area contributed by atoms with Crippen LogP contribution in [0, 0.1) is 5.92 Å². The molecule has 0 spiro atoms. The van der Waals surface area contributed by atoms with Gasteiger partial charge in [-0.2, -0.15) is 0 Å². The van der Waals surface area contributed by atoms with Crippen LogP contribution in [0.2, 0.25) is 0 Å². The van der Waals surface area contributed by atoms with Crippen molar-refractivity contribution in [3.8, 4) is 17.0 Å². The van der Waals surface area contributed by atoms with Gasteiger partial charge in [0.1, 0.15) is 5.82 Å². The minimum atomic E-state index is -4.81. The molecule has 1 amide bonds. The van der Waals surface area contributed by atoms with Gasteiger partial charge in [0, 0.05) is 50.9 Å². The molecule has 4 rings (SSSR count). The maximum Gasteiger partial charge on any atom is 0.573 e. The number of rotatable bonds is 3. The lowest BCUT2D eigenvalue weighted by atomic mass is 10.2. The van der Waals surface area contributed by atoms with Crippen molar-refractivity contribution in [2.24, 2.45) is 13.0 Å². The highest BCUT2D eigenvalue weighted by Crippen LogP contribution is 2.40. The smallest absolute Gasteiger partial charge is 0.402 e. The molecular formula is C20H26F3N5O2. The number of likely N-dealkylation sites (tertiary alicyclic amines) is 1. The van der Waals surface area contributed by atoms with E-state index in [1.54, 1.807) is 13.1 Å². The van der Waals surface area contributed by atoms with Gasteiger partial charge in [0.15, 0.2) is 11.6 Å². The summed E-state index contributed by atoms with van der Waals surface area (Å²) in [5.41, 5.74) is 6.40. The predicted molar refractivity (Wildman–Crippen MR) is 106 cm³/mol. The number of hydrogen-bond donors (Lipinski definition) is 1. The van der Waals surface area contributed by atoms with Gasteiger partial charge in [0.05, 0.1) is 5.69 Å². The van der Waals surface area contributed by atoms with Crippen molar-refractivity contribution in [3.05, 3.63) is 24.3 Å². The molecule has 1 aliphatic heterocycles. The van der Waals surface area contributed by atoms with E-state index in [0.29, 0.717) is 23.1 Å². The largest absolute Gasteiger partial charge is 0.573 e. The first-order chi connectivity index (χ1) is 14.0. The van der Waals surface area contributed by atoms with Gasteiger partial charge in [0.2, 0.25) is 5.91 Å². The SMILES string of the molecule is CC(=O)N1CCC(C)C1.Cn1cc(-c2cnc(N)c(OC(F)(F)F)c2)nc1C1CC1. The average Bonchev–Trinajstić information content (AvgIpc) is 3.27. The van der Waals surface area contributed by atoms with Crippen molar-refractivity contribution in [1.82, 2.24) is 19.4 Å². The summed E-state index contributed by atoms with van der Waals surface area (Å²) in [7, 11) is 1.86. The number of nitrogens with two attached hydrogens (primary N) is 1. The predicted octanol–water partition coefficient (Wildman–Crippen LogP) is 3.72. The number of amides is 1. The summed E-state index contributed by atoms with van der Waals surface area (Å²) in [4.78, 5) is 20.8. The number of halogens is 3. The minimum Gasteiger partial charge on any atom is -0.402 e. The quantitative estimate of drug-likeness (QED) is 0.810. The second kappa shape index (κ2) is 8.53. The molecule has 1 saturated heterocycles. The van der Waals surface area contributed by atoms with Crippen LogP contribution >= 0.6 is 0 Å². The van der Waals surface area contributed by atoms with Gasteiger partial charge in [-0.1, -0.05) is 6.92 Å². The molecule has 1 unspecified atom stereocenters. The molecule has 1 saturated carbocycles. The van der Waals surface area contributed by atoms with Crippen molar-refractivity contribution in [3.63, 3.8) is 0 Å². The third-order valence-corrected chi connectivity index (χ3v) is 5.13. The fourth-order valence-corrected chi connectivity index (χ4v) is 3.36. The molecule has 2 N–H and O–H groups in total. The summed E-state index contributed by atoms with van der Waals surface area (Å²) < 4.78 is 42.7. The van der Waals surface area contributed by atoms with E-state index in [9.17, 15) is 18.0 Å². The Morgan fingerprint density at radius 3 is 2.50 bits per heavy atom. The zero-order chi connectivity index (χ0) is 22.1. The number of nitrogen functional groups attached to an aromatic ring is 1. The Kier molecular flexibility index (Phi) is 6.23. The summed E-state index contributed by atoms with van der Waals surface area (Å²) in [5, 5.41) is 0. The number of aromatic nitrogens is 3. The number of aryl methyl sites for hydroxylation is 1. The summed E-state index contributed by atoms with van der Waals surface area (Å²) >= 11 is 0. The molecule has 2 aliphatic rings. The molecule has 2 aromatic heterocycles. The molecule has 0 bridgehead atoms. The Hall–Kier alpha value is -2.78. The van der Waals surface area contributed by atoms with Crippen LogP contribution in [0.15, 0.2) is 18.5 Å². The average molecular weight is 425 g/mol. The molecule has 2 fully saturated rings. The Morgan fingerprint density at radius 2 is 2.00 bits per heavy atom. The van der Waals surface area contributed by atoms with E-state index in [0.717, 1.165) is 31.8 Å². The molecule has 0 aromatic carbocycles. The second-order valence-corrected chi connectivity index (χ2v) is 7.88. The molecule has 3 heterocycles. The van der Waals surface area contributed by atoms with E-state index in [4.69, 9.17) is 5.73 Å². The van der Waals surface area contributed by atoms with Crippen molar-refractivity contribution < 1.29 is 22.7 Å².